The quantitative estimate of drug-likeness (QED) is 0.107. The highest BCUT2D eigenvalue weighted by molar-refractivity contribution is 7.19. The second-order valence-electron chi connectivity index (χ2n) is 11.1. The zero-order chi connectivity index (χ0) is 33.7. The Balaban J connectivity index is 1.33. The summed E-state index contributed by atoms with van der Waals surface area (Å²) in [4.78, 5) is 27.9. The summed E-state index contributed by atoms with van der Waals surface area (Å²) in [5.74, 6) is 0. The molecular weight excluding hydrogens is 633 g/mol. The van der Waals surface area contributed by atoms with Gasteiger partial charge < -0.3 is 9.80 Å². The van der Waals surface area contributed by atoms with Gasteiger partial charge in [-0.05, 0) is 83.9 Å². The smallest absolute Gasteiger partial charge is 0.311 e. The largest absolute Gasteiger partial charge is 0.338 e. The van der Waals surface area contributed by atoms with Crippen molar-refractivity contribution in [3.8, 4) is 22.3 Å². The molecule has 7 rings (SSSR count). The van der Waals surface area contributed by atoms with Crippen molar-refractivity contribution in [2.75, 3.05) is 9.80 Å². The molecule has 0 spiro atoms. The van der Waals surface area contributed by atoms with Crippen LogP contribution in [0.2, 0.25) is 0 Å². The van der Waals surface area contributed by atoms with Crippen LogP contribution in [0.1, 0.15) is 0 Å². The van der Waals surface area contributed by atoms with Crippen molar-refractivity contribution < 1.29 is 9.85 Å². The average molecular weight is 661 g/mol. The lowest BCUT2D eigenvalue weighted by atomic mass is 9.96. The number of nitrogens with zero attached hydrogens (tertiary/aromatic N) is 4. The minimum atomic E-state index is -0.536. The first kappa shape index (κ1) is 31.0. The van der Waals surface area contributed by atoms with Crippen LogP contribution < -0.4 is 9.80 Å². The fourth-order valence-corrected chi connectivity index (χ4v) is 6.93. The maximum atomic E-state index is 12.4. The van der Waals surface area contributed by atoms with Gasteiger partial charge in [0.1, 0.15) is 0 Å². The summed E-state index contributed by atoms with van der Waals surface area (Å²) in [7, 11) is 0. The van der Waals surface area contributed by atoms with Crippen molar-refractivity contribution in [2.24, 2.45) is 0 Å². The fraction of sp³-hybridized carbons (Fsp3) is 0. The van der Waals surface area contributed by atoms with Crippen molar-refractivity contribution in [1.29, 1.82) is 0 Å². The van der Waals surface area contributed by atoms with E-state index in [4.69, 9.17) is 0 Å². The molecule has 1 heterocycles. The highest BCUT2D eigenvalue weighted by atomic mass is 32.1. The summed E-state index contributed by atoms with van der Waals surface area (Å²) >= 11 is 0.581. The van der Waals surface area contributed by atoms with Gasteiger partial charge in [-0.3, -0.25) is 20.2 Å². The predicted molar refractivity (Wildman–Crippen MR) is 198 cm³/mol. The summed E-state index contributed by atoms with van der Waals surface area (Å²) in [6.07, 6.45) is 0. The van der Waals surface area contributed by atoms with E-state index in [-0.39, 0.29) is 21.1 Å². The third-order valence-electron chi connectivity index (χ3n) is 8.09. The number of anilines is 6. The molecule has 0 bridgehead atoms. The van der Waals surface area contributed by atoms with E-state index in [2.05, 4.69) is 9.80 Å². The molecule has 9 heteroatoms. The monoisotopic (exact) mass is 660 g/mol. The molecule has 0 aliphatic carbocycles. The van der Waals surface area contributed by atoms with E-state index in [0.717, 1.165) is 34.1 Å². The topological polar surface area (TPSA) is 92.8 Å². The summed E-state index contributed by atoms with van der Waals surface area (Å²) in [5, 5.41) is 24.2. The van der Waals surface area contributed by atoms with Crippen LogP contribution in [0.25, 0.3) is 22.3 Å². The normalized spacial score (nSPS) is 10.8. The van der Waals surface area contributed by atoms with Crippen LogP contribution in [-0.2, 0) is 0 Å². The first-order chi connectivity index (χ1) is 24.0. The molecule has 0 aliphatic rings. The van der Waals surface area contributed by atoms with E-state index in [0.29, 0.717) is 22.5 Å². The van der Waals surface area contributed by atoms with Gasteiger partial charge in [-0.2, -0.15) is 0 Å². The molecule has 238 valence electrons. The van der Waals surface area contributed by atoms with Crippen molar-refractivity contribution in [3.05, 3.63) is 190 Å². The van der Waals surface area contributed by atoms with E-state index in [1.807, 2.05) is 146 Å². The van der Waals surface area contributed by atoms with Crippen molar-refractivity contribution in [2.45, 2.75) is 0 Å². The number of hydrogen-bond donors (Lipinski definition) is 0. The second-order valence-corrected chi connectivity index (χ2v) is 12.1. The highest BCUT2D eigenvalue weighted by Crippen LogP contribution is 2.52. The molecule has 0 unspecified atom stereocenters. The fourth-order valence-electron chi connectivity index (χ4n) is 5.96. The van der Waals surface area contributed by atoms with Crippen LogP contribution in [-0.4, -0.2) is 9.85 Å². The van der Waals surface area contributed by atoms with Crippen LogP contribution in [0.4, 0.5) is 44.1 Å². The highest BCUT2D eigenvalue weighted by Gasteiger charge is 2.34. The minimum absolute atomic E-state index is 0.218. The van der Waals surface area contributed by atoms with Crippen LogP contribution in [0.3, 0.4) is 0 Å². The van der Waals surface area contributed by atoms with E-state index in [9.17, 15) is 20.2 Å². The second kappa shape index (κ2) is 13.6. The lowest BCUT2D eigenvalue weighted by Crippen LogP contribution is -2.09. The first-order valence-electron chi connectivity index (χ1n) is 15.5. The Labute approximate surface area is 286 Å². The Morgan fingerprint density at radius 1 is 0.367 bits per heavy atom. The van der Waals surface area contributed by atoms with Gasteiger partial charge in [0.25, 0.3) is 0 Å². The molecule has 0 saturated heterocycles. The van der Waals surface area contributed by atoms with Crippen LogP contribution in [0, 0.1) is 20.2 Å². The summed E-state index contributed by atoms with van der Waals surface area (Å²) in [5.41, 5.74) is 6.90. The van der Waals surface area contributed by atoms with E-state index >= 15 is 0 Å². The van der Waals surface area contributed by atoms with Gasteiger partial charge >= 0.3 is 10.0 Å². The number of benzene rings is 6. The van der Waals surface area contributed by atoms with Gasteiger partial charge in [0.05, 0.1) is 21.0 Å². The Bertz CT molecular complexity index is 1970. The Hall–Kier alpha value is -6.58. The first-order valence-corrected chi connectivity index (χ1v) is 16.3. The number of rotatable bonds is 10. The Kier molecular flexibility index (Phi) is 8.64. The Morgan fingerprint density at radius 3 is 0.857 bits per heavy atom. The SMILES string of the molecule is O=[N+]([O-])c1sc([N+](=O)[O-])c(-c2ccc(N(c3ccccc3)c3ccccc3)cc2)c1-c1ccc(N(c2ccccc2)c2ccccc2)cc1. The van der Waals surface area contributed by atoms with E-state index < -0.39 is 9.85 Å². The standard InChI is InChI=1S/C40H28N4O4S/c45-43(46)39-37(29-21-25-35(26-22-29)41(31-13-5-1-6-14-31)32-15-7-2-8-16-32)38(40(49-39)44(47)48)30-23-27-36(28-24-30)42(33-17-9-3-10-18-33)34-19-11-4-12-20-34/h1-28H. The minimum Gasteiger partial charge on any atom is -0.311 e. The maximum absolute atomic E-state index is 12.4. The summed E-state index contributed by atoms with van der Waals surface area (Å²) in [6.45, 7) is 0. The Morgan fingerprint density at radius 2 is 0.612 bits per heavy atom. The van der Waals surface area contributed by atoms with Gasteiger partial charge in [0.2, 0.25) is 0 Å². The average Bonchev–Trinajstić information content (AvgIpc) is 3.56. The van der Waals surface area contributed by atoms with Crippen LogP contribution >= 0.6 is 11.3 Å². The molecule has 7 aromatic rings. The van der Waals surface area contributed by atoms with Gasteiger partial charge in [-0.25, -0.2) is 0 Å². The third-order valence-corrected chi connectivity index (χ3v) is 9.18. The molecule has 0 radical (unpaired) electrons. The van der Waals surface area contributed by atoms with Gasteiger partial charge in [-0.1, -0.05) is 97.1 Å². The van der Waals surface area contributed by atoms with Gasteiger partial charge in [-0.15, -0.1) is 0 Å². The molecule has 1 aromatic heterocycles. The molecule has 0 fully saturated rings. The van der Waals surface area contributed by atoms with Crippen LogP contribution in [0.15, 0.2) is 170 Å². The van der Waals surface area contributed by atoms with E-state index in [1.54, 1.807) is 24.3 Å². The molecule has 49 heavy (non-hydrogen) atoms. The predicted octanol–water partition coefficient (Wildman–Crippen LogP) is 11.8. The molecule has 0 atom stereocenters. The molecule has 8 nitrogen and oxygen atoms in total. The molecule has 0 N–H and O–H groups in total. The van der Waals surface area contributed by atoms with Gasteiger partial charge in [0, 0.05) is 45.5 Å². The summed E-state index contributed by atoms with van der Waals surface area (Å²) in [6, 6.07) is 54.2. The van der Waals surface area contributed by atoms with Crippen molar-refractivity contribution in [3.63, 3.8) is 0 Å². The summed E-state index contributed by atoms with van der Waals surface area (Å²) < 4.78 is 0. The zero-order valence-corrected chi connectivity index (χ0v) is 26.8. The molecule has 0 saturated carbocycles. The van der Waals surface area contributed by atoms with Crippen molar-refractivity contribution in [1.82, 2.24) is 0 Å². The lowest BCUT2D eigenvalue weighted by molar-refractivity contribution is -0.382. The number of hydrogen-bond acceptors (Lipinski definition) is 7. The number of thiophene rings is 1. The van der Waals surface area contributed by atoms with Crippen LogP contribution in [0.5, 0.6) is 0 Å². The van der Waals surface area contributed by atoms with E-state index in [1.165, 1.54) is 0 Å². The van der Waals surface area contributed by atoms with Gasteiger partial charge in [0.15, 0.2) is 0 Å². The zero-order valence-electron chi connectivity index (χ0n) is 26.0. The number of nitro groups is 2. The maximum Gasteiger partial charge on any atom is 0.338 e. The molecule has 6 aromatic carbocycles. The number of para-hydroxylation sites is 4. The molecule has 0 amide bonds. The molecule has 0 aliphatic heterocycles. The van der Waals surface area contributed by atoms with Crippen molar-refractivity contribution >= 4 is 55.5 Å². The third kappa shape index (κ3) is 6.26. The lowest BCUT2D eigenvalue weighted by Gasteiger charge is -2.25. The molecular formula is C40H28N4O4S.